The molecule has 136 valence electrons. The summed E-state index contributed by atoms with van der Waals surface area (Å²) in [5.41, 5.74) is 3.39. The Labute approximate surface area is 155 Å². The van der Waals surface area contributed by atoms with Crippen molar-refractivity contribution in [3.63, 3.8) is 0 Å². The predicted octanol–water partition coefficient (Wildman–Crippen LogP) is 4.17. The summed E-state index contributed by atoms with van der Waals surface area (Å²) in [5, 5.41) is 10.2. The van der Waals surface area contributed by atoms with Crippen molar-refractivity contribution in [2.75, 3.05) is 6.54 Å². The van der Waals surface area contributed by atoms with Crippen LogP contribution in [0.3, 0.4) is 0 Å². The number of hydrogen-bond acceptors (Lipinski definition) is 2. The number of aryl methyl sites for hydroxylation is 1. The molecule has 3 aliphatic rings. The van der Waals surface area contributed by atoms with Crippen molar-refractivity contribution in [3.8, 4) is 0 Å². The first-order chi connectivity index (χ1) is 12.3. The third-order valence-electron chi connectivity index (χ3n) is 6.30. The van der Waals surface area contributed by atoms with Crippen molar-refractivity contribution in [2.45, 2.75) is 57.1 Å². The van der Waals surface area contributed by atoms with Gasteiger partial charge in [-0.2, -0.15) is 0 Å². The minimum atomic E-state index is -0.889. The molecule has 2 saturated heterocycles. The summed E-state index contributed by atoms with van der Waals surface area (Å²) in [6.07, 6.45) is 3.19. The zero-order chi connectivity index (χ0) is 18.5. The van der Waals surface area contributed by atoms with E-state index in [2.05, 4.69) is 35.2 Å². The average molecular weight is 349 g/mol. The van der Waals surface area contributed by atoms with E-state index in [0.717, 1.165) is 42.5 Å². The molecule has 1 N–H and O–H groups in total. The summed E-state index contributed by atoms with van der Waals surface area (Å²) >= 11 is 0. The molecule has 1 amide bonds. The zero-order valence-electron chi connectivity index (χ0n) is 15.8. The lowest BCUT2D eigenvalue weighted by Gasteiger charge is -2.58. The lowest BCUT2D eigenvalue weighted by Crippen LogP contribution is -2.61. The monoisotopic (exact) mass is 349 g/mol. The highest BCUT2D eigenvalue weighted by molar-refractivity contribution is 5.95. The molecule has 0 unspecified atom stereocenters. The van der Waals surface area contributed by atoms with E-state index in [-0.39, 0.29) is 11.3 Å². The van der Waals surface area contributed by atoms with Crippen molar-refractivity contribution < 1.29 is 9.90 Å². The fraction of sp³-hybridized carbons (Fsp3) is 0.435. The van der Waals surface area contributed by atoms with Gasteiger partial charge in [0.1, 0.15) is 0 Å². The maximum Gasteiger partial charge on any atom is 0.254 e. The van der Waals surface area contributed by atoms with E-state index < -0.39 is 5.60 Å². The summed E-state index contributed by atoms with van der Waals surface area (Å²) in [5.74, 6) is 0.127. The molecule has 5 rings (SSSR count). The predicted molar refractivity (Wildman–Crippen MR) is 103 cm³/mol. The van der Waals surface area contributed by atoms with Crippen LogP contribution in [0.5, 0.6) is 0 Å². The Bertz CT molecular complexity index is 824. The normalized spacial score (nSPS) is 24.9. The van der Waals surface area contributed by atoms with Gasteiger partial charge in [0, 0.05) is 23.6 Å². The first-order valence-corrected chi connectivity index (χ1v) is 9.50. The lowest BCUT2D eigenvalue weighted by molar-refractivity contribution is -0.00436. The lowest BCUT2D eigenvalue weighted by atomic mass is 9.57. The van der Waals surface area contributed by atoms with Crippen LogP contribution in [-0.4, -0.2) is 28.5 Å². The second-order valence-corrected chi connectivity index (χ2v) is 8.55. The van der Waals surface area contributed by atoms with E-state index in [1.807, 2.05) is 25.1 Å². The van der Waals surface area contributed by atoms with Crippen LogP contribution >= 0.6 is 0 Å². The molecule has 2 bridgehead atoms. The highest BCUT2D eigenvalue weighted by Crippen LogP contribution is 2.52. The Morgan fingerprint density at radius 3 is 2.38 bits per heavy atom. The van der Waals surface area contributed by atoms with E-state index in [9.17, 15) is 9.90 Å². The SMILES string of the molecule is Cc1cc(C(=O)N2CCC3(c4ccccc4)CC2C3)ccc1C(C)(C)O. The van der Waals surface area contributed by atoms with Crippen molar-refractivity contribution in [1.82, 2.24) is 4.90 Å². The summed E-state index contributed by atoms with van der Waals surface area (Å²) in [6.45, 7) is 6.34. The fourth-order valence-electron chi connectivity index (χ4n) is 4.87. The van der Waals surface area contributed by atoms with Gasteiger partial charge in [-0.3, -0.25) is 4.79 Å². The van der Waals surface area contributed by atoms with E-state index in [0.29, 0.717) is 6.04 Å². The summed E-state index contributed by atoms with van der Waals surface area (Å²) in [6, 6.07) is 16.8. The van der Waals surface area contributed by atoms with Crippen LogP contribution in [0.25, 0.3) is 0 Å². The average Bonchev–Trinajstić information content (AvgIpc) is 2.60. The molecule has 3 fully saturated rings. The quantitative estimate of drug-likeness (QED) is 0.903. The van der Waals surface area contributed by atoms with Crippen LogP contribution in [0.15, 0.2) is 48.5 Å². The number of piperidine rings is 2. The van der Waals surface area contributed by atoms with Gasteiger partial charge in [-0.1, -0.05) is 36.4 Å². The highest BCUT2D eigenvalue weighted by Gasteiger charge is 2.52. The summed E-state index contributed by atoms with van der Waals surface area (Å²) < 4.78 is 0. The van der Waals surface area contributed by atoms with Crippen LogP contribution in [0.4, 0.5) is 0 Å². The van der Waals surface area contributed by atoms with Gasteiger partial charge >= 0.3 is 0 Å². The minimum absolute atomic E-state index is 0.127. The Hall–Kier alpha value is -2.13. The second-order valence-electron chi connectivity index (χ2n) is 8.55. The van der Waals surface area contributed by atoms with Crippen molar-refractivity contribution in [2.24, 2.45) is 0 Å². The maximum absolute atomic E-state index is 13.1. The Kier molecular flexibility index (Phi) is 3.96. The van der Waals surface area contributed by atoms with Crippen molar-refractivity contribution in [1.29, 1.82) is 0 Å². The van der Waals surface area contributed by atoms with Crippen LogP contribution in [0.2, 0.25) is 0 Å². The number of benzene rings is 2. The molecule has 1 saturated carbocycles. The van der Waals surface area contributed by atoms with Crippen LogP contribution in [0, 0.1) is 6.92 Å². The van der Waals surface area contributed by atoms with E-state index in [1.165, 1.54) is 5.56 Å². The molecule has 0 atom stereocenters. The van der Waals surface area contributed by atoms with Crippen LogP contribution in [0.1, 0.15) is 60.2 Å². The van der Waals surface area contributed by atoms with Gasteiger partial charge in [0.2, 0.25) is 0 Å². The molecule has 1 aliphatic carbocycles. The number of amides is 1. The molecule has 0 spiro atoms. The van der Waals surface area contributed by atoms with Crippen LogP contribution in [-0.2, 0) is 11.0 Å². The smallest absolute Gasteiger partial charge is 0.254 e. The number of fused-ring (bicyclic) bond motifs is 2. The molecule has 0 radical (unpaired) electrons. The number of carbonyl (C=O) groups is 1. The van der Waals surface area contributed by atoms with E-state index >= 15 is 0 Å². The molecule has 2 aliphatic heterocycles. The van der Waals surface area contributed by atoms with Gasteiger partial charge in [0.05, 0.1) is 5.60 Å². The van der Waals surface area contributed by atoms with Gasteiger partial charge in [-0.05, 0) is 68.9 Å². The number of hydrogen-bond donors (Lipinski definition) is 1. The molecule has 2 aromatic rings. The number of carbonyl (C=O) groups excluding carboxylic acids is 1. The van der Waals surface area contributed by atoms with E-state index in [4.69, 9.17) is 0 Å². The van der Waals surface area contributed by atoms with Crippen molar-refractivity contribution >= 4 is 5.91 Å². The Balaban J connectivity index is 1.51. The molecule has 26 heavy (non-hydrogen) atoms. The standard InChI is InChI=1S/C23H27NO2/c1-16-13-17(9-10-20(16)22(2,3)26)21(25)24-12-11-23(14-19(24)15-23)18-7-5-4-6-8-18/h4-10,13,19,26H,11-12,14-15H2,1-3H3. The third kappa shape index (κ3) is 2.75. The fourth-order valence-corrected chi connectivity index (χ4v) is 4.87. The number of rotatable bonds is 3. The molecule has 2 heterocycles. The maximum atomic E-state index is 13.1. The van der Waals surface area contributed by atoms with Gasteiger partial charge in [-0.15, -0.1) is 0 Å². The molecular weight excluding hydrogens is 322 g/mol. The topological polar surface area (TPSA) is 40.5 Å². The Morgan fingerprint density at radius 2 is 1.85 bits per heavy atom. The van der Waals surface area contributed by atoms with Gasteiger partial charge in [0.15, 0.2) is 0 Å². The highest BCUT2D eigenvalue weighted by atomic mass is 16.3. The van der Waals surface area contributed by atoms with Gasteiger partial charge < -0.3 is 10.0 Å². The molecule has 3 heteroatoms. The van der Waals surface area contributed by atoms with Crippen LogP contribution < -0.4 is 0 Å². The third-order valence-corrected chi connectivity index (χ3v) is 6.30. The first-order valence-electron chi connectivity index (χ1n) is 9.50. The minimum Gasteiger partial charge on any atom is -0.386 e. The summed E-state index contributed by atoms with van der Waals surface area (Å²) in [7, 11) is 0. The molecule has 0 aromatic heterocycles. The summed E-state index contributed by atoms with van der Waals surface area (Å²) in [4.78, 5) is 15.1. The van der Waals surface area contributed by atoms with Crippen molar-refractivity contribution in [3.05, 3.63) is 70.8 Å². The number of aliphatic hydroxyl groups is 1. The second kappa shape index (κ2) is 5.95. The molecule has 2 aromatic carbocycles. The van der Waals surface area contributed by atoms with Gasteiger partial charge in [-0.25, -0.2) is 0 Å². The van der Waals surface area contributed by atoms with Gasteiger partial charge in [0.25, 0.3) is 5.91 Å². The molecule has 3 nitrogen and oxygen atoms in total. The largest absolute Gasteiger partial charge is 0.386 e. The zero-order valence-corrected chi connectivity index (χ0v) is 15.8. The Morgan fingerprint density at radius 1 is 1.15 bits per heavy atom. The first kappa shape index (κ1) is 17.3. The molecular formula is C23H27NO2. The number of nitrogens with zero attached hydrogens (tertiary/aromatic N) is 1. The van der Waals surface area contributed by atoms with E-state index in [1.54, 1.807) is 13.8 Å².